The van der Waals surface area contributed by atoms with Crippen molar-refractivity contribution in [3.8, 4) is 0 Å². The van der Waals surface area contributed by atoms with Crippen molar-refractivity contribution in [2.24, 2.45) is 0 Å². The molecule has 0 rings (SSSR count). The zero-order valence-corrected chi connectivity index (χ0v) is 10.2. The van der Waals surface area contributed by atoms with Crippen LogP contribution in [0.3, 0.4) is 0 Å². The van der Waals surface area contributed by atoms with Gasteiger partial charge in [-0.15, -0.1) is 0 Å². The molecule has 0 aromatic rings. The lowest BCUT2D eigenvalue weighted by atomic mass is 10.2. The van der Waals surface area contributed by atoms with Gasteiger partial charge < -0.3 is 10.0 Å². The minimum absolute atomic E-state index is 0.317. The second-order valence-electron chi connectivity index (χ2n) is 3.26. The molecule has 0 amide bonds. The van der Waals surface area contributed by atoms with Crippen LogP contribution in [0.2, 0.25) is 0 Å². The SMILES string of the molecule is CCN(CCCO)CCCCCBr. The summed E-state index contributed by atoms with van der Waals surface area (Å²) in [7, 11) is 0. The number of aliphatic hydroxyl groups excluding tert-OH is 1. The molecular formula is C10H22BrNO. The fourth-order valence-corrected chi connectivity index (χ4v) is 1.73. The van der Waals surface area contributed by atoms with Crippen LogP contribution in [0.25, 0.3) is 0 Å². The van der Waals surface area contributed by atoms with Gasteiger partial charge in [0, 0.05) is 18.5 Å². The van der Waals surface area contributed by atoms with Gasteiger partial charge in [-0.1, -0.05) is 29.3 Å². The molecule has 0 unspecified atom stereocenters. The third-order valence-corrected chi connectivity index (χ3v) is 2.75. The van der Waals surface area contributed by atoms with Crippen molar-refractivity contribution in [3.63, 3.8) is 0 Å². The summed E-state index contributed by atoms with van der Waals surface area (Å²) in [6.45, 7) is 5.83. The van der Waals surface area contributed by atoms with Crippen molar-refractivity contribution in [3.05, 3.63) is 0 Å². The van der Waals surface area contributed by atoms with Crippen LogP contribution in [0, 0.1) is 0 Å². The first-order chi connectivity index (χ1) is 6.35. The zero-order valence-electron chi connectivity index (χ0n) is 8.64. The molecule has 0 heterocycles. The summed E-state index contributed by atoms with van der Waals surface area (Å²) in [5.41, 5.74) is 0. The number of hydrogen-bond donors (Lipinski definition) is 1. The quantitative estimate of drug-likeness (QED) is 0.502. The van der Waals surface area contributed by atoms with Crippen LogP contribution in [0.5, 0.6) is 0 Å². The van der Waals surface area contributed by atoms with Crippen molar-refractivity contribution in [2.75, 3.05) is 31.6 Å². The number of halogens is 1. The Labute approximate surface area is 90.4 Å². The van der Waals surface area contributed by atoms with Crippen molar-refractivity contribution in [1.82, 2.24) is 4.90 Å². The number of alkyl halides is 1. The maximum Gasteiger partial charge on any atom is 0.0443 e. The average molecular weight is 252 g/mol. The minimum atomic E-state index is 0.317. The van der Waals surface area contributed by atoms with Crippen LogP contribution in [-0.2, 0) is 0 Å². The second-order valence-corrected chi connectivity index (χ2v) is 4.05. The summed E-state index contributed by atoms with van der Waals surface area (Å²) < 4.78 is 0. The van der Waals surface area contributed by atoms with Crippen LogP contribution >= 0.6 is 15.9 Å². The summed E-state index contributed by atoms with van der Waals surface area (Å²) in [6, 6.07) is 0. The van der Waals surface area contributed by atoms with Crippen LogP contribution in [-0.4, -0.2) is 41.6 Å². The third kappa shape index (κ3) is 8.72. The molecule has 0 saturated carbocycles. The van der Waals surface area contributed by atoms with Crippen molar-refractivity contribution in [1.29, 1.82) is 0 Å². The molecule has 0 fully saturated rings. The molecule has 0 atom stereocenters. The molecule has 0 aromatic carbocycles. The van der Waals surface area contributed by atoms with Gasteiger partial charge in [0.05, 0.1) is 0 Å². The molecule has 0 saturated heterocycles. The first-order valence-corrected chi connectivity index (χ1v) is 6.36. The lowest BCUT2D eigenvalue weighted by molar-refractivity contribution is 0.227. The molecular weight excluding hydrogens is 230 g/mol. The zero-order chi connectivity index (χ0) is 9.94. The highest BCUT2D eigenvalue weighted by Gasteiger charge is 2.00. The van der Waals surface area contributed by atoms with Crippen molar-refractivity contribution in [2.45, 2.75) is 32.6 Å². The van der Waals surface area contributed by atoms with Gasteiger partial charge >= 0.3 is 0 Å². The van der Waals surface area contributed by atoms with Gasteiger partial charge in [0.1, 0.15) is 0 Å². The topological polar surface area (TPSA) is 23.5 Å². The van der Waals surface area contributed by atoms with Crippen molar-refractivity contribution < 1.29 is 5.11 Å². The first kappa shape index (κ1) is 13.4. The highest BCUT2D eigenvalue weighted by atomic mass is 79.9. The molecule has 0 aromatic heterocycles. The van der Waals surface area contributed by atoms with Gasteiger partial charge in [-0.2, -0.15) is 0 Å². The predicted octanol–water partition coefficient (Wildman–Crippen LogP) is 2.26. The van der Waals surface area contributed by atoms with Gasteiger partial charge in [0.15, 0.2) is 0 Å². The molecule has 0 radical (unpaired) electrons. The number of nitrogens with zero attached hydrogens (tertiary/aromatic N) is 1. The Kier molecular flexibility index (Phi) is 10.8. The van der Waals surface area contributed by atoms with E-state index in [0.29, 0.717) is 6.61 Å². The Morgan fingerprint density at radius 1 is 1.08 bits per heavy atom. The van der Waals surface area contributed by atoms with E-state index in [1.807, 2.05) is 0 Å². The van der Waals surface area contributed by atoms with Gasteiger partial charge in [-0.3, -0.25) is 0 Å². The van der Waals surface area contributed by atoms with E-state index in [9.17, 15) is 0 Å². The molecule has 0 spiro atoms. The minimum Gasteiger partial charge on any atom is -0.396 e. The smallest absolute Gasteiger partial charge is 0.0443 e. The summed E-state index contributed by atoms with van der Waals surface area (Å²) in [6.07, 6.45) is 4.77. The number of hydrogen-bond acceptors (Lipinski definition) is 2. The van der Waals surface area contributed by atoms with Gasteiger partial charge in [0.25, 0.3) is 0 Å². The lowest BCUT2D eigenvalue weighted by Gasteiger charge is -2.19. The Balaban J connectivity index is 3.25. The molecule has 13 heavy (non-hydrogen) atoms. The Morgan fingerprint density at radius 3 is 2.31 bits per heavy atom. The lowest BCUT2D eigenvalue weighted by Crippen LogP contribution is -2.26. The first-order valence-electron chi connectivity index (χ1n) is 5.24. The summed E-state index contributed by atoms with van der Waals surface area (Å²) in [5.74, 6) is 0. The summed E-state index contributed by atoms with van der Waals surface area (Å²) >= 11 is 3.43. The summed E-state index contributed by atoms with van der Waals surface area (Å²) in [4.78, 5) is 2.41. The Hall–Kier alpha value is 0.400. The maximum absolute atomic E-state index is 8.69. The highest BCUT2D eigenvalue weighted by Crippen LogP contribution is 2.01. The largest absolute Gasteiger partial charge is 0.396 e. The second kappa shape index (κ2) is 10.5. The van der Waals surface area contributed by atoms with Crippen molar-refractivity contribution >= 4 is 15.9 Å². The summed E-state index contributed by atoms with van der Waals surface area (Å²) in [5, 5.41) is 9.81. The number of rotatable bonds is 9. The van der Waals surface area contributed by atoms with Crippen LogP contribution in [0.15, 0.2) is 0 Å². The van der Waals surface area contributed by atoms with E-state index >= 15 is 0 Å². The fraction of sp³-hybridized carbons (Fsp3) is 1.00. The number of unbranched alkanes of at least 4 members (excludes halogenated alkanes) is 2. The van der Waals surface area contributed by atoms with E-state index in [4.69, 9.17) is 5.11 Å². The third-order valence-electron chi connectivity index (χ3n) is 2.19. The van der Waals surface area contributed by atoms with E-state index in [2.05, 4.69) is 27.8 Å². The molecule has 0 aliphatic heterocycles. The number of aliphatic hydroxyl groups is 1. The predicted molar refractivity (Wildman–Crippen MR) is 61.5 cm³/mol. The van der Waals surface area contributed by atoms with E-state index in [-0.39, 0.29) is 0 Å². The average Bonchev–Trinajstić information content (AvgIpc) is 2.17. The molecule has 0 aliphatic carbocycles. The molecule has 0 bridgehead atoms. The molecule has 1 N–H and O–H groups in total. The maximum atomic E-state index is 8.69. The van der Waals surface area contributed by atoms with Crippen LogP contribution in [0.4, 0.5) is 0 Å². The van der Waals surface area contributed by atoms with Gasteiger partial charge in [-0.25, -0.2) is 0 Å². The van der Waals surface area contributed by atoms with E-state index in [1.54, 1.807) is 0 Å². The standard InChI is InChI=1S/C10H22BrNO/c1-2-12(9-6-10-13)8-5-3-4-7-11/h13H,2-10H2,1H3. The normalized spacial score (nSPS) is 11.1. The van der Waals surface area contributed by atoms with E-state index < -0.39 is 0 Å². The van der Waals surface area contributed by atoms with E-state index in [1.165, 1.54) is 25.8 Å². The van der Waals surface area contributed by atoms with Gasteiger partial charge in [-0.05, 0) is 32.4 Å². The monoisotopic (exact) mass is 251 g/mol. The Bertz CT molecular complexity index is 101. The van der Waals surface area contributed by atoms with E-state index in [0.717, 1.165) is 24.8 Å². The van der Waals surface area contributed by atoms with Crippen LogP contribution in [0.1, 0.15) is 32.6 Å². The van der Waals surface area contributed by atoms with Crippen LogP contribution < -0.4 is 0 Å². The molecule has 0 aliphatic rings. The van der Waals surface area contributed by atoms with Gasteiger partial charge in [0.2, 0.25) is 0 Å². The molecule has 3 heteroatoms. The Morgan fingerprint density at radius 2 is 1.77 bits per heavy atom. The molecule has 2 nitrogen and oxygen atoms in total. The fourth-order valence-electron chi connectivity index (χ4n) is 1.33. The molecule has 80 valence electrons. The highest BCUT2D eigenvalue weighted by molar-refractivity contribution is 9.09.